The van der Waals surface area contributed by atoms with Crippen LogP contribution in [0.1, 0.15) is 37.9 Å². The van der Waals surface area contributed by atoms with Gasteiger partial charge in [0.2, 0.25) is 0 Å². The maximum Gasteiger partial charge on any atom is 0.138 e. The second-order valence-electron chi connectivity index (χ2n) is 4.43. The van der Waals surface area contributed by atoms with Gasteiger partial charge in [0.15, 0.2) is 0 Å². The summed E-state index contributed by atoms with van der Waals surface area (Å²) in [6, 6.07) is 2.50. The van der Waals surface area contributed by atoms with Crippen molar-refractivity contribution in [2.24, 2.45) is 12.5 Å². The number of nitriles is 1. The first kappa shape index (κ1) is 10.2. The molecule has 1 fully saturated rings. The average molecular weight is 204 g/mol. The lowest BCUT2D eigenvalue weighted by molar-refractivity contribution is 0.259. The summed E-state index contributed by atoms with van der Waals surface area (Å²) < 4.78 is 1.77. The molecule has 15 heavy (non-hydrogen) atoms. The van der Waals surface area contributed by atoms with Gasteiger partial charge in [0, 0.05) is 13.5 Å². The molecular formula is C11H16N4. The summed E-state index contributed by atoms with van der Waals surface area (Å²) in [4.78, 5) is 4.20. The van der Waals surface area contributed by atoms with E-state index in [4.69, 9.17) is 0 Å². The molecule has 2 rings (SSSR count). The Morgan fingerprint density at radius 2 is 2.20 bits per heavy atom. The number of aryl methyl sites for hydroxylation is 1. The van der Waals surface area contributed by atoms with E-state index in [1.54, 1.807) is 11.0 Å². The minimum Gasteiger partial charge on any atom is -0.253 e. The van der Waals surface area contributed by atoms with E-state index in [0.29, 0.717) is 0 Å². The van der Waals surface area contributed by atoms with E-state index in [0.717, 1.165) is 25.1 Å². The van der Waals surface area contributed by atoms with Crippen molar-refractivity contribution in [2.45, 2.75) is 38.5 Å². The molecule has 80 valence electrons. The number of rotatable bonds is 2. The zero-order valence-electron chi connectivity index (χ0n) is 9.11. The highest BCUT2D eigenvalue weighted by Crippen LogP contribution is 2.38. The van der Waals surface area contributed by atoms with Crippen molar-refractivity contribution in [3.05, 3.63) is 12.2 Å². The van der Waals surface area contributed by atoms with Gasteiger partial charge in [0.25, 0.3) is 0 Å². The summed E-state index contributed by atoms with van der Waals surface area (Å²) in [5.74, 6) is 0.929. The van der Waals surface area contributed by atoms with Crippen molar-refractivity contribution in [3.63, 3.8) is 0 Å². The summed E-state index contributed by atoms with van der Waals surface area (Å²) in [5.41, 5.74) is -0.182. The fourth-order valence-electron chi connectivity index (χ4n) is 2.34. The van der Waals surface area contributed by atoms with Gasteiger partial charge in [-0.3, -0.25) is 4.68 Å². The van der Waals surface area contributed by atoms with Crippen molar-refractivity contribution in [3.8, 4) is 6.07 Å². The molecule has 4 nitrogen and oxygen atoms in total. The Morgan fingerprint density at radius 1 is 1.47 bits per heavy atom. The van der Waals surface area contributed by atoms with Gasteiger partial charge >= 0.3 is 0 Å². The predicted octanol–water partition coefficient (Wildman–Crippen LogP) is 1.83. The Kier molecular flexibility index (Phi) is 2.72. The van der Waals surface area contributed by atoms with Crippen LogP contribution in [0, 0.1) is 16.7 Å². The van der Waals surface area contributed by atoms with Gasteiger partial charge in [-0.25, -0.2) is 4.98 Å². The first-order valence-electron chi connectivity index (χ1n) is 5.50. The molecule has 1 aromatic heterocycles. The number of hydrogen-bond acceptors (Lipinski definition) is 3. The van der Waals surface area contributed by atoms with Gasteiger partial charge in [-0.1, -0.05) is 19.3 Å². The van der Waals surface area contributed by atoms with Crippen LogP contribution in [0.2, 0.25) is 0 Å². The Morgan fingerprint density at radius 3 is 2.73 bits per heavy atom. The van der Waals surface area contributed by atoms with Crippen LogP contribution in [-0.4, -0.2) is 14.8 Å². The predicted molar refractivity (Wildman–Crippen MR) is 55.8 cm³/mol. The summed E-state index contributed by atoms with van der Waals surface area (Å²) in [6.07, 6.45) is 7.94. The monoisotopic (exact) mass is 204 g/mol. The molecule has 0 spiro atoms. The number of aromatic nitrogens is 3. The lowest BCUT2D eigenvalue weighted by atomic mass is 9.73. The molecule has 1 aromatic rings. The molecule has 0 aliphatic heterocycles. The zero-order valence-corrected chi connectivity index (χ0v) is 9.11. The minimum atomic E-state index is -0.182. The highest BCUT2D eigenvalue weighted by atomic mass is 15.3. The quantitative estimate of drug-likeness (QED) is 0.738. The maximum atomic E-state index is 9.32. The third-order valence-corrected chi connectivity index (χ3v) is 3.35. The van der Waals surface area contributed by atoms with Gasteiger partial charge in [-0.15, -0.1) is 0 Å². The normalized spacial score (nSPS) is 19.7. The Labute approximate surface area is 89.9 Å². The standard InChI is InChI=1S/C11H16N4/c1-15-10(13-9-14-15)7-11(8-12)5-3-2-4-6-11/h9H,2-7H2,1H3. The van der Waals surface area contributed by atoms with Crippen LogP contribution in [0.4, 0.5) is 0 Å². The minimum absolute atomic E-state index is 0.182. The fourth-order valence-corrected chi connectivity index (χ4v) is 2.34. The summed E-state index contributed by atoms with van der Waals surface area (Å²) in [5, 5.41) is 13.4. The Balaban J connectivity index is 2.15. The van der Waals surface area contributed by atoms with Crippen LogP contribution in [0.25, 0.3) is 0 Å². The lowest BCUT2D eigenvalue weighted by Gasteiger charge is -2.29. The van der Waals surface area contributed by atoms with Crippen LogP contribution < -0.4 is 0 Å². The molecule has 0 unspecified atom stereocenters. The third kappa shape index (κ3) is 2.01. The highest BCUT2D eigenvalue weighted by molar-refractivity contribution is 5.06. The van der Waals surface area contributed by atoms with Crippen LogP contribution in [0.3, 0.4) is 0 Å². The van der Waals surface area contributed by atoms with Crippen LogP contribution in [-0.2, 0) is 13.5 Å². The van der Waals surface area contributed by atoms with E-state index < -0.39 is 0 Å². The molecule has 0 aromatic carbocycles. The molecule has 1 heterocycles. The average Bonchev–Trinajstić information content (AvgIpc) is 2.66. The van der Waals surface area contributed by atoms with Gasteiger partial charge < -0.3 is 0 Å². The third-order valence-electron chi connectivity index (χ3n) is 3.35. The van der Waals surface area contributed by atoms with Crippen LogP contribution >= 0.6 is 0 Å². The molecule has 1 aliphatic rings. The van der Waals surface area contributed by atoms with Gasteiger partial charge in [-0.2, -0.15) is 10.4 Å². The molecular weight excluding hydrogens is 188 g/mol. The molecule has 0 amide bonds. The van der Waals surface area contributed by atoms with Gasteiger partial charge in [-0.05, 0) is 12.8 Å². The summed E-state index contributed by atoms with van der Waals surface area (Å²) in [6.45, 7) is 0. The van der Waals surface area contributed by atoms with Gasteiger partial charge in [0.1, 0.15) is 12.2 Å². The van der Waals surface area contributed by atoms with E-state index in [2.05, 4.69) is 16.2 Å². The fraction of sp³-hybridized carbons (Fsp3) is 0.727. The van der Waals surface area contributed by atoms with Crippen LogP contribution in [0.15, 0.2) is 6.33 Å². The number of hydrogen-bond donors (Lipinski definition) is 0. The molecule has 1 saturated carbocycles. The SMILES string of the molecule is Cn1ncnc1CC1(C#N)CCCCC1. The summed E-state index contributed by atoms with van der Waals surface area (Å²) >= 11 is 0. The Hall–Kier alpha value is -1.37. The van der Waals surface area contributed by atoms with E-state index >= 15 is 0 Å². The Bertz CT molecular complexity index is 368. The smallest absolute Gasteiger partial charge is 0.138 e. The second kappa shape index (κ2) is 4.01. The largest absolute Gasteiger partial charge is 0.253 e. The highest BCUT2D eigenvalue weighted by Gasteiger charge is 2.33. The molecule has 0 atom stereocenters. The lowest BCUT2D eigenvalue weighted by Crippen LogP contribution is -2.26. The first-order chi connectivity index (χ1) is 7.26. The number of nitrogens with zero attached hydrogens (tertiary/aromatic N) is 4. The zero-order chi connectivity index (χ0) is 10.7. The topological polar surface area (TPSA) is 54.5 Å². The maximum absolute atomic E-state index is 9.32. The molecule has 0 N–H and O–H groups in total. The van der Waals surface area contributed by atoms with E-state index in [1.165, 1.54) is 19.3 Å². The van der Waals surface area contributed by atoms with Crippen molar-refractivity contribution in [1.82, 2.24) is 14.8 Å². The van der Waals surface area contributed by atoms with Crippen molar-refractivity contribution in [2.75, 3.05) is 0 Å². The molecule has 0 saturated heterocycles. The van der Waals surface area contributed by atoms with Crippen molar-refractivity contribution >= 4 is 0 Å². The molecule has 0 bridgehead atoms. The first-order valence-corrected chi connectivity index (χ1v) is 5.50. The van der Waals surface area contributed by atoms with E-state index in [9.17, 15) is 5.26 Å². The van der Waals surface area contributed by atoms with Crippen LogP contribution in [0.5, 0.6) is 0 Å². The molecule has 4 heteroatoms. The van der Waals surface area contributed by atoms with Crippen molar-refractivity contribution < 1.29 is 0 Å². The summed E-state index contributed by atoms with van der Waals surface area (Å²) in [7, 11) is 1.89. The van der Waals surface area contributed by atoms with E-state index in [-0.39, 0.29) is 5.41 Å². The molecule has 1 aliphatic carbocycles. The van der Waals surface area contributed by atoms with Crippen molar-refractivity contribution in [1.29, 1.82) is 5.26 Å². The van der Waals surface area contributed by atoms with E-state index in [1.807, 2.05) is 7.05 Å². The second-order valence-corrected chi connectivity index (χ2v) is 4.43. The molecule has 0 radical (unpaired) electrons. The van der Waals surface area contributed by atoms with Gasteiger partial charge in [0.05, 0.1) is 11.5 Å².